The van der Waals surface area contributed by atoms with E-state index in [4.69, 9.17) is 14.2 Å². The molecule has 1 aliphatic rings. The number of benzene rings is 2. The van der Waals surface area contributed by atoms with Gasteiger partial charge in [0.25, 0.3) is 5.91 Å². The zero-order valence-electron chi connectivity index (χ0n) is 15.0. The predicted molar refractivity (Wildman–Crippen MR) is 103 cm³/mol. The van der Waals surface area contributed by atoms with Crippen molar-refractivity contribution < 1.29 is 19.0 Å². The molecule has 0 aliphatic carbocycles. The molecule has 1 amide bonds. The van der Waals surface area contributed by atoms with Gasteiger partial charge in [0.1, 0.15) is 22.8 Å². The Hall–Kier alpha value is -2.21. The molecule has 0 radical (unpaired) electrons. The van der Waals surface area contributed by atoms with Gasteiger partial charge in [0.15, 0.2) is 6.61 Å². The van der Waals surface area contributed by atoms with Crippen LogP contribution in [0.25, 0.3) is 0 Å². The molecule has 0 saturated carbocycles. The van der Waals surface area contributed by atoms with Crippen LogP contribution in [-0.2, 0) is 4.79 Å². The number of methoxy groups -OCH3 is 1. The van der Waals surface area contributed by atoms with Crippen molar-refractivity contribution in [3.8, 4) is 17.2 Å². The molecule has 1 aliphatic heterocycles. The van der Waals surface area contributed by atoms with Gasteiger partial charge in [-0.3, -0.25) is 4.79 Å². The number of fused-ring (bicyclic) bond motifs is 1. The molecule has 0 aromatic heterocycles. The Labute approximate surface area is 161 Å². The molecule has 0 spiro atoms. The van der Waals surface area contributed by atoms with E-state index in [0.29, 0.717) is 12.2 Å². The number of halogens is 1. The van der Waals surface area contributed by atoms with Gasteiger partial charge in [-0.05, 0) is 56.3 Å². The summed E-state index contributed by atoms with van der Waals surface area (Å²) in [5.41, 5.74) is 0.548. The summed E-state index contributed by atoms with van der Waals surface area (Å²) in [6.45, 7) is 3.98. The maximum atomic E-state index is 12.4. The average molecular weight is 420 g/mol. The largest absolute Gasteiger partial charge is 0.497 e. The summed E-state index contributed by atoms with van der Waals surface area (Å²) in [4.78, 5) is 12.4. The first-order chi connectivity index (χ1) is 12.4. The van der Waals surface area contributed by atoms with Gasteiger partial charge in [-0.25, -0.2) is 0 Å². The fourth-order valence-corrected chi connectivity index (χ4v) is 3.27. The molecule has 138 valence electrons. The summed E-state index contributed by atoms with van der Waals surface area (Å²) < 4.78 is 17.9. The van der Waals surface area contributed by atoms with Gasteiger partial charge in [0.05, 0.1) is 13.2 Å². The van der Waals surface area contributed by atoms with Crippen LogP contribution in [0.1, 0.15) is 31.9 Å². The van der Waals surface area contributed by atoms with Crippen molar-refractivity contribution in [2.24, 2.45) is 0 Å². The molecule has 3 rings (SSSR count). The van der Waals surface area contributed by atoms with Gasteiger partial charge in [0, 0.05) is 16.5 Å². The summed E-state index contributed by atoms with van der Waals surface area (Å²) in [5.74, 6) is 1.97. The lowest BCUT2D eigenvalue weighted by atomic mass is 9.89. The highest BCUT2D eigenvalue weighted by atomic mass is 79.9. The van der Waals surface area contributed by atoms with Crippen LogP contribution in [0, 0.1) is 0 Å². The lowest BCUT2D eigenvalue weighted by Crippen LogP contribution is -2.42. The van der Waals surface area contributed by atoms with Crippen LogP contribution in [-0.4, -0.2) is 25.2 Å². The lowest BCUT2D eigenvalue weighted by molar-refractivity contribution is -0.124. The molecule has 0 fully saturated rings. The molecule has 1 N–H and O–H groups in total. The first kappa shape index (κ1) is 18.6. The van der Waals surface area contributed by atoms with Gasteiger partial charge < -0.3 is 19.5 Å². The van der Waals surface area contributed by atoms with Gasteiger partial charge in [-0.1, -0.05) is 15.9 Å². The van der Waals surface area contributed by atoms with Crippen LogP contribution < -0.4 is 19.5 Å². The number of rotatable bonds is 5. The number of nitrogens with one attached hydrogen (secondary N) is 1. The molecule has 1 heterocycles. The van der Waals surface area contributed by atoms with Gasteiger partial charge in [-0.2, -0.15) is 0 Å². The Morgan fingerprint density at radius 1 is 1.23 bits per heavy atom. The van der Waals surface area contributed by atoms with Crippen LogP contribution in [0.2, 0.25) is 0 Å². The lowest BCUT2D eigenvalue weighted by Gasteiger charge is -2.38. The van der Waals surface area contributed by atoms with E-state index in [1.165, 1.54) is 0 Å². The number of hydrogen-bond acceptors (Lipinski definition) is 4. The fraction of sp³-hybridized carbons (Fsp3) is 0.350. The van der Waals surface area contributed by atoms with Gasteiger partial charge >= 0.3 is 0 Å². The summed E-state index contributed by atoms with van der Waals surface area (Å²) in [6, 6.07) is 12.9. The Morgan fingerprint density at radius 3 is 2.62 bits per heavy atom. The van der Waals surface area contributed by atoms with Crippen molar-refractivity contribution in [2.75, 3.05) is 13.7 Å². The third-order valence-corrected chi connectivity index (χ3v) is 4.72. The molecule has 6 heteroatoms. The van der Waals surface area contributed by atoms with E-state index in [0.717, 1.165) is 21.5 Å². The number of hydrogen-bond donors (Lipinski definition) is 1. The SMILES string of the molecule is COc1ccc2c(c1)[C@@H](NC(=O)COc1ccc(Br)cc1)CC(C)(C)O2. The zero-order chi connectivity index (χ0) is 18.7. The van der Waals surface area contributed by atoms with E-state index in [9.17, 15) is 4.79 Å². The number of ether oxygens (including phenoxy) is 3. The van der Waals surface area contributed by atoms with E-state index in [1.54, 1.807) is 7.11 Å². The molecule has 0 unspecified atom stereocenters. The van der Waals surface area contributed by atoms with E-state index < -0.39 is 0 Å². The maximum absolute atomic E-state index is 12.4. The minimum absolute atomic E-state index is 0.0429. The standard InChI is InChI=1S/C20H22BrNO4/c1-20(2)11-17(16-10-15(24-3)8-9-18(16)26-20)22-19(23)12-25-14-6-4-13(21)5-7-14/h4-10,17H,11-12H2,1-3H3,(H,22,23)/t17-/m0/s1. The fourth-order valence-electron chi connectivity index (χ4n) is 3.00. The normalized spacial score (nSPS) is 17.6. The summed E-state index contributed by atoms with van der Waals surface area (Å²) >= 11 is 3.37. The molecular weight excluding hydrogens is 398 g/mol. The number of carbonyl (C=O) groups is 1. The predicted octanol–water partition coefficient (Wildman–Crippen LogP) is 4.26. The van der Waals surface area contributed by atoms with E-state index in [2.05, 4.69) is 21.2 Å². The van der Waals surface area contributed by atoms with Crippen molar-refractivity contribution in [1.82, 2.24) is 5.32 Å². The molecule has 26 heavy (non-hydrogen) atoms. The van der Waals surface area contributed by atoms with Crippen LogP contribution in [0.3, 0.4) is 0 Å². The van der Waals surface area contributed by atoms with E-state index in [-0.39, 0.29) is 24.2 Å². The average Bonchev–Trinajstić information content (AvgIpc) is 2.60. The van der Waals surface area contributed by atoms with Crippen molar-refractivity contribution in [1.29, 1.82) is 0 Å². The first-order valence-corrected chi connectivity index (χ1v) is 9.20. The molecule has 0 saturated heterocycles. The number of amides is 1. The van der Waals surface area contributed by atoms with Crippen molar-refractivity contribution in [2.45, 2.75) is 31.9 Å². The number of carbonyl (C=O) groups excluding carboxylic acids is 1. The monoisotopic (exact) mass is 419 g/mol. The van der Waals surface area contributed by atoms with Gasteiger partial charge in [0.2, 0.25) is 0 Å². The molecular formula is C20H22BrNO4. The molecule has 2 aromatic rings. The Morgan fingerprint density at radius 2 is 1.92 bits per heavy atom. The molecule has 0 bridgehead atoms. The molecule has 5 nitrogen and oxygen atoms in total. The second kappa shape index (κ2) is 7.58. The second-order valence-corrected chi connectivity index (χ2v) is 7.75. The van der Waals surface area contributed by atoms with Crippen LogP contribution >= 0.6 is 15.9 Å². The Balaban J connectivity index is 1.70. The van der Waals surface area contributed by atoms with E-state index in [1.807, 2.05) is 56.3 Å². The second-order valence-electron chi connectivity index (χ2n) is 6.83. The van der Waals surface area contributed by atoms with Gasteiger partial charge in [-0.15, -0.1) is 0 Å². The molecule has 1 atom stereocenters. The van der Waals surface area contributed by atoms with E-state index >= 15 is 0 Å². The third-order valence-electron chi connectivity index (χ3n) is 4.19. The Kier molecular flexibility index (Phi) is 5.41. The minimum atomic E-state index is -0.369. The zero-order valence-corrected chi connectivity index (χ0v) is 16.6. The van der Waals surface area contributed by atoms with Crippen molar-refractivity contribution in [3.63, 3.8) is 0 Å². The minimum Gasteiger partial charge on any atom is -0.497 e. The third kappa shape index (κ3) is 4.49. The Bertz CT molecular complexity index is 789. The highest BCUT2D eigenvalue weighted by molar-refractivity contribution is 9.10. The maximum Gasteiger partial charge on any atom is 0.258 e. The summed E-state index contributed by atoms with van der Waals surface area (Å²) in [5, 5.41) is 3.05. The quantitative estimate of drug-likeness (QED) is 0.786. The first-order valence-electron chi connectivity index (χ1n) is 8.41. The molecule has 2 aromatic carbocycles. The smallest absolute Gasteiger partial charge is 0.258 e. The summed E-state index contributed by atoms with van der Waals surface area (Å²) in [7, 11) is 1.62. The van der Waals surface area contributed by atoms with Crippen molar-refractivity contribution in [3.05, 3.63) is 52.5 Å². The van der Waals surface area contributed by atoms with Crippen LogP contribution in [0.5, 0.6) is 17.2 Å². The highest BCUT2D eigenvalue weighted by Crippen LogP contribution is 2.41. The van der Waals surface area contributed by atoms with Crippen molar-refractivity contribution >= 4 is 21.8 Å². The van der Waals surface area contributed by atoms with Crippen LogP contribution in [0.15, 0.2) is 46.9 Å². The summed E-state index contributed by atoms with van der Waals surface area (Å²) in [6.07, 6.45) is 0.664. The van der Waals surface area contributed by atoms with Crippen LogP contribution in [0.4, 0.5) is 0 Å². The highest BCUT2D eigenvalue weighted by Gasteiger charge is 2.34. The topological polar surface area (TPSA) is 56.8 Å².